The fraction of sp³-hybridized carbons (Fsp3) is 0.316. The quantitative estimate of drug-likeness (QED) is 0.843. The maximum atomic E-state index is 13.0. The van der Waals surface area contributed by atoms with Gasteiger partial charge in [0.1, 0.15) is 0 Å². The van der Waals surface area contributed by atoms with Gasteiger partial charge in [0.15, 0.2) is 0 Å². The molecule has 0 bridgehead atoms. The SMILES string of the molecule is CC[C@@H](C)N(Cc1cccnc1)C(=O)c1ccc(NC(C)=O)cc1Cl. The number of nitrogens with one attached hydrogen (secondary N) is 1. The molecule has 0 radical (unpaired) electrons. The van der Waals surface area contributed by atoms with Crippen LogP contribution in [-0.4, -0.2) is 27.7 Å². The summed E-state index contributed by atoms with van der Waals surface area (Å²) in [6, 6.07) is 8.77. The number of amides is 2. The maximum absolute atomic E-state index is 13.0. The number of nitrogens with zero attached hydrogens (tertiary/aromatic N) is 2. The van der Waals surface area contributed by atoms with Gasteiger partial charge in [0.25, 0.3) is 5.91 Å². The first-order valence-electron chi connectivity index (χ1n) is 8.19. The van der Waals surface area contributed by atoms with Crippen LogP contribution in [0.15, 0.2) is 42.7 Å². The van der Waals surface area contributed by atoms with Gasteiger partial charge < -0.3 is 10.2 Å². The van der Waals surface area contributed by atoms with Crippen LogP contribution in [0.3, 0.4) is 0 Å². The van der Waals surface area contributed by atoms with E-state index in [4.69, 9.17) is 11.6 Å². The number of halogens is 1. The fourth-order valence-electron chi connectivity index (χ4n) is 2.46. The van der Waals surface area contributed by atoms with Crippen LogP contribution in [0.4, 0.5) is 5.69 Å². The minimum Gasteiger partial charge on any atom is -0.332 e. The molecule has 2 rings (SSSR count). The molecule has 0 saturated carbocycles. The van der Waals surface area contributed by atoms with Crippen molar-refractivity contribution in [1.82, 2.24) is 9.88 Å². The zero-order chi connectivity index (χ0) is 18.4. The molecular formula is C19H22ClN3O2. The Morgan fingerprint density at radius 2 is 2.08 bits per heavy atom. The summed E-state index contributed by atoms with van der Waals surface area (Å²) in [4.78, 5) is 30.1. The van der Waals surface area contributed by atoms with Crippen molar-refractivity contribution in [2.24, 2.45) is 0 Å². The molecule has 0 unspecified atom stereocenters. The van der Waals surface area contributed by atoms with Crippen molar-refractivity contribution in [1.29, 1.82) is 0 Å². The van der Waals surface area contributed by atoms with E-state index < -0.39 is 0 Å². The van der Waals surface area contributed by atoms with Gasteiger partial charge in [-0.2, -0.15) is 0 Å². The summed E-state index contributed by atoms with van der Waals surface area (Å²) >= 11 is 6.29. The van der Waals surface area contributed by atoms with Crippen molar-refractivity contribution >= 4 is 29.1 Å². The van der Waals surface area contributed by atoms with Gasteiger partial charge in [-0.1, -0.05) is 24.6 Å². The van der Waals surface area contributed by atoms with Crippen molar-refractivity contribution in [3.05, 3.63) is 58.9 Å². The highest BCUT2D eigenvalue weighted by molar-refractivity contribution is 6.34. The Balaban J connectivity index is 2.28. The number of anilines is 1. The van der Waals surface area contributed by atoms with E-state index in [0.717, 1.165) is 12.0 Å². The highest BCUT2D eigenvalue weighted by atomic mass is 35.5. The molecule has 0 saturated heterocycles. The zero-order valence-electron chi connectivity index (χ0n) is 14.6. The third-order valence-corrected chi connectivity index (χ3v) is 4.29. The molecule has 6 heteroatoms. The summed E-state index contributed by atoms with van der Waals surface area (Å²) in [6.45, 7) is 5.93. The lowest BCUT2D eigenvalue weighted by molar-refractivity contribution is -0.114. The van der Waals surface area contributed by atoms with Crippen LogP contribution >= 0.6 is 11.6 Å². The summed E-state index contributed by atoms with van der Waals surface area (Å²) in [5, 5.41) is 2.97. The number of hydrogen-bond donors (Lipinski definition) is 1. The number of rotatable bonds is 6. The van der Waals surface area contributed by atoms with E-state index in [1.807, 2.05) is 26.0 Å². The van der Waals surface area contributed by atoms with Gasteiger partial charge in [-0.3, -0.25) is 14.6 Å². The lowest BCUT2D eigenvalue weighted by Crippen LogP contribution is -2.38. The number of benzene rings is 1. The third-order valence-electron chi connectivity index (χ3n) is 3.98. The summed E-state index contributed by atoms with van der Waals surface area (Å²) in [6.07, 6.45) is 4.29. The van der Waals surface area contributed by atoms with Crippen molar-refractivity contribution in [2.75, 3.05) is 5.32 Å². The molecule has 1 atom stereocenters. The molecule has 1 aromatic heterocycles. The minimum absolute atomic E-state index is 0.0544. The van der Waals surface area contributed by atoms with Crippen LogP contribution in [0.2, 0.25) is 5.02 Å². The molecule has 2 amide bonds. The fourth-order valence-corrected chi connectivity index (χ4v) is 2.72. The van der Waals surface area contributed by atoms with Crippen molar-refractivity contribution in [2.45, 2.75) is 39.8 Å². The molecule has 0 fully saturated rings. The van der Waals surface area contributed by atoms with Gasteiger partial charge in [-0.05, 0) is 43.2 Å². The smallest absolute Gasteiger partial charge is 0.255 e. The van der Waals surface area contributed by atoms with E-state index in [1.165, 1.54) is 6.92 Å². The predicted molar refractivity (Wildman–Crippen MR) is 99.6 cm³/mol. The predicted octanol–water partition coefficient (Wildman–Crippen LogP) is 4.13. The molecule has 0 aliphatic rings. The van der Waals surface area contributed by atoms with Crippen LogP contribution < -0.4 is 5.32 Å². The topological polar surface area (TPSA) is 62.3 Å². The zero-order valence-corrected chi connectivity index (χ0v) is 15.4. The van der Waals surface area contributed by atoms with Crippen LogP contribution in [0.5, 0.6) is 0 Å². The van der Waals surface area contributed by atoms with Crippen LogP contribution in [0.1, 0.15) is 43.1 Å². The van der Waals surface area contributed by atoms with Gasteiger partial charge in [0, 0.05) is 37.6 Å². The lowest BCUT2D eigenvalue weighted by Gasteiger charge is -2.29. The average Bonchev–Trinajstić information content (AvgIpc) is 2.59. The second-order valence-electron chi connectivity index (χ2n) is 5.93. The Labute approximate surface area is 153 Å². The molecule has 2 aromatic rings. The van der Waals surface area contributed by atoms with E-state index in [9.17, 15) is 9.59 Å². The monoisotopic (exact) mass is 359 g/mol. The van der Waals surface area contributed by atoms with E-state index in [0.29, 0.717) is 22.8 Å². The van der Waals surface area contributed by atoms with Crippen LogP contribution in [0, 0.1) is 0 Å². The van der Waals surface area contributed by atoms with E-state index >= 15 is 0 Å². The average molecular weight is 360 g/mol. The number of hydrogen-bond acceptors (Lipinski definition) is 3. The molecule has 1 heterocycles. The highest BCUT2D eigenvalue weighted by Gasteiger charge is 2.23. The maximum Gasteiger partial charge on any atom is 0.255 e. The van der Waals surface area contributed by atoms with Crippen molar-refractivity contribution in [3.63, 3.8) is 0 Å². The largest absolute Gasteiger partial charge is 0.332 e. The molecule has 5 nitrogen and oxygen atoms in total. The molecule has 0 aliphatic heterocycles. The molecule has 0 spiro atoms. The van der Waals surface area contributed by atoms with Gasteiger partial charge in [0.05, 0.1) is 10.6 Å². The molecular weight excluding hydrogens is 338 g/mol. The summed E-state index contributed by atoms with van der Waals surface area (Å²) in [5.41, 5.74) is 1.94. The summed E-state index contributed by atoms with van der Waals surface area (Å²) in [7, 11) is 0. The third kappa shape index (κ3) is 5.03. The van der Waals surface area contributed by atoms with Crippen LogP contribution in [0.25, 0.3) is 0 Å². The van der Waals surface area contributed by atoms with Crippen LogP contribution in [-0.2, 0) is 11.3 Å². The Morgan fingerprint density at radius 1 is 1.32 bits per heavy atom. The number of carbonyl (C=O) groups is 2. The first-order chi connectivity index (χ1) is 11.9. The Kier molecular flexibility index (Phi) is 6.53. The number of carbonyl (C=O) groups excluding carboxylic acids is 2. The lowest BCUT2D eigenvalue weighted by atomic mass is 10.1. The molecule has 132 valence electrons. The Bertz CT molecular complexity index is 750. The highest BCUT2D eigenvalue weighted by Crippen LogP contribution is 2.24. The Hall–Kier alpha value is -2.40. The molecule has 0 aliphatic carbocycles. The van der Waals surface area contributed by atoms with Gasteiger partial charge in [-0.15, -0.1) is 0 Å². The van der Waals surface area contributed by atoms with E-state index in [1.54, 1.807) is 35.5 Å². The first-order valence-corrected chi connectivity index (χ1v) is 8.57. The van der Waals surface area contributed by atoms with Gasteiger partial charge >= 0.3 is 0 Å². The first kappa shape index (κ1) is 18.9. The van der Waals surface area contributed by atoms with Gasteiger partial charge in [-0.25, -0.2) is 0 Å². The second kappa shape index (κ2) is 8.62. The molecule has 1 aromatic carbocycles. The van der Waals surface area contributed by atoms with Crippen molar-refractivity contribution in [3.8, 4) is 0 Å². The van der Waals surface area contributed by atoms with E-state index in [-0.39, 0.29) is 17.9 Å². The number of aromatic nitrogens is 1. The second-order valence-corrected chi connectivity index (χ2v) is 6.33. The standard InChI is InChI=1S/C19H22ClN3O2/c1-4-13(2)23(12-15-6-5-9-21-11-15)19(25)17-8-7-16(10-18(17)20)22-14(3)24/h5-11,13H,4,12H2,1-3H3,(H,22,24)/t13-/m1/s1. The molecule has 25 heavy (non-hydrogen) atoms. The summed E-state index contributed by atoms with van der Waals surface area (Å²) in [5.74, 6) is -0.328. The number of pyridine rings is 1. The minimum atomic E-state index is -0.187. The van der Waals surface area contributed by atoms with E-state index in [2.05, 4.69) is 10.3 Å². The normalized spacial score (nSPS) is 11.7. The van der Waals surface area contributed by atoms with Gasteiger partial charge in [0.2, 0.25) is 5.91 Å². The summed E-state index contributed by atoms with van der Waals surface area (Å²) < 4.78 is 0. The molecule has 1 N–H and O–H groups in total. The van der Waals surface area contributed by atoms with Crippen molar-refractivity contribution < 1.29 is 9.59 Å². The Morgan fingerprint density at radius 3 is 2.64 bits per heavy atom.